The molecule has 1 fully saturated rings. The van der Waals surface area contributed by atoms with Crippen molar-refractivity contribution in [3.05, 3.63) is 29.0 Å². The van der Waals surface area contributed by atoms with Crippen LogP contribution in [0.15, 0.2) is 18.3 Å². The molecular formula is C11H14ClFN2. The number of likely N-dealkylation sites (tertiary alicyclic amines) is 1. The molecule has 0 spiro atoms. The van der Waals surface area contributed by atoms with Gasteiger partial charge in [0.25, 0.3) is 0 Å². The van der Waals surface area contributed by atoms with Crippen LogP contribution in [0.2, 0.25) is 5.15 Å². The fraction of sp³-hybridized carbons (Fsp3) is 0.545. The monoisotopic (exact) mass is 228 g/mol. The summed E-state index contributed by atoms with van der Waals surface area (Å²) in [7, 11) is 0. The van der Waals surface area contributed by atoms with E-state index in [2.05, 4.69) is 9.88 Å². The molecule has 15 heavy (non-hydrogen) atoms. The smallest absolute Gasteiger partial charge is 0.129 e. The number of alkyl halides is 1. The Morgan fingerprint density at radius 2 is 2.13 bits per heavy atom. The SMILES string of the molecule is FC1CCN(Cc2ccc(Cl)nc2)CC1. The molecule has 2 heterocycles. The number of nitrogens with zero attached hydrogens (tertiary/aromatic N) is 2. The molecule has 0 saturated carbocycles. The molecule has 1 aromatic heterocycles. The van der Waals surface area contributed by atoms with Crippen LogP contribution in [0.25, 0.3) is 0 Å². The largest absolute Gasteiger partial charge is 0.299 e. The first-order chi connectivity index (χ1) is 7.24. The molecule has 2 nitrogen and oxygen atoms in total. The number of piperidine rings is 1. The van der Waals surface area contributed by atoms with Crippen molar-refractivity contribution < 1.29 is 4.39 Å². The number of hydrogen-bond donors (Lipinski definition) is 0. The van der Waals surface area contributed by atoms with Gasteiger partial charge in [0.2, 0.25) is 0 Å². The maximum absolute atomic E-state index is 12.9. The zero-order chi connectivity index (χ0) is 10.7. The van der Waals surface area contributed by atoms with Gasteiger partial charge in [-0.3, -0.25) is 4.90 Å². The van der Waals surface area contributed by atoms with E-state index < -0.39 is 6.17 Å². The molecule has 1 aromatic rings. The zero-order valence-electron chi connectivity index (χ0n) is 8.50. The Morgan fingerprint density at radius 3 is 2.73 bits per heavy atom. The van der Waals surface area contributed by atoms with Crippen LogP contribution in [-0.4, -0.2) is 29.1 Å². The highest BCUT2D eigenvalue weighted by Crippen LogP contribution is 2.16. The van der Waals surface area contributed by atoms with Crippen molar-refractivity contribution in [1.82, 2.24) is 9.88 Å². The van der Waals surface area contributed by atoms with E-state index in [-0.39, 0.29) is 0 Å². The van der Waals surface area contributed by atoms with Gasteiger partial charge in [-0.25, -0.2) is 9.37 Å². The van der Waals surface area contributed by atoms with E-state index in [1.54, 1.807) is 12.3 Å². The van der Waals surface area contributed by atoms with Crippen LogP contribution in [0.1, 0.15) is 18.4 Å². The minimum absolute atomic E-state index is 0.515. The Morgan fingerprint density at radius 1 is 1.40 bits per heavy atom. The zero-order valence-corrected chi connectivity index (χ0v) is 9.25. The molecule has 0 aliphatic carbocycles. The van der Waals surface area contributed by atoms with Crippen LogP contribution >= 0.6 is 11.6 Å². The topological polar surface area (TPSA) is 16.1 Å². The molecule has 0 bridgehead atoms. The summed E-state index contributed by atoms with van der Waals surface area (Å²) in [5, 5.41) is 0.515. The summed E-state index contributed by atoms with van der Waals surface area (Å²) < 4.78 is 12.9. The molecule has 1 saturated heterocycles. The standard InChI is InChI=1S/C11H14ClFN2/c12-11-2-1-9(7-14-11)8-15-5-3-10(13)4-6-15/h1-2,7,10H,3-6,8H2. The second-order valence-electron chi connectivity index (χ2n) is 3.94. The Bertz CT molecular complexity index is 307. The molecule has 0 aromatic carbocycles. The number of halogens is 2. The molecule has 4 heteroatoms. The lowest BCUT2D eigenvalue weighted by Crippen LogP contribution is -2.33. The average molecular weight is 229 g/mol. The van der Waals surface area contributed by atoms with E-state index in [1.807, 2.05) is 6.07 Å². The number of pyridine rings is 1. The molecule has 2 rings (SSSR count). The van der Waals surface area contributed by atoms with Crippen molar-refractivity contribution in [3.63, 3.8) is 0 Å². The summed E-state index contributed by atoms with van der Waals surface area (Å²) in [4.78, 5) is 6.28. The van der Waals surface area contributed by atoms with E-state index >= 15 is 0 Å². The molecule has 1 aliphatic rings. The Balaban J connectivity index is 1.89. The lowest BCUT2D eigenvalue weighted by atomic mass is 10.1. The lowest BCUT2D eigenvalue weighted by molar-refractivity contribution is 0.145. The molecule has 0 radical (unpaired) electrons. The van der Waals surface area contributed by atoms with Crippen LogP contribution < -0.4 is 0 Å². The summed E-state index contributed by atoms with van der Waals surface area (Å²) >= 11 is 5.70. The third-order valence-corrected chi connectivity index (χ3v) is 2.94. The maximum atomic E-state index is 12.9. The predicted molar refractivity (Wildman–Crippen MR) is 58.7 cm³/mol. The minimum atomic E-state index is -0.607. The van der Waals surface area contributed by atoms with E-state index in [1.165, 1.54) is 0 Å². The normalized spacial score (nSPS) is 19.3. The highest BCUT2D eigenvalue weighted by atomic mass is 35.5. The fourth-order valence-corrected chi connectivity index (χ4v) is 1.93. The van der Waals surface area contributed by atoms with Crippen molar-refractivity contribution in [2.45, 2.75) is 25.6 Å². The van der Waals surface area contributed by atoms with Gasteiger partial charge in [-0.1, -0.05) is 17.7 Å². The van der Waals surface area contributed by atoms with Gasteiger partial charge in [0.15, 0.2) is 0 Å². The lowest BCUT2D eigenvalue weighted by Gasteiger charge is -2.28. The van der Waals surface area contributed by atoms with Gasteiger partial charge >= 0.3 is 0 Å². The summed E-state index contributed by atoms with van der Waals surface area (Å²) in [5.74, 6) is 0. The van der Waals surface area contributed by atoms with Crippen molar-refractivity contribution in [2.24, 2.45) is 0 Å². The molecular weight excluding hydrogens is 215 g/mol. The van der Waals surface area contributed by atoms with Gasteiger partial charge in [-0.15, -0.1) is 0 Å². The van der Waals surface area contributed by atoms with Gasteiger partial charge in [0.1, 0.15) is 11.3 Å². The van der Waals surface area contributed by atoms with Gasteiger partial charge < -0.3 is 0 Å². The first-order valence-electron chi connectivity index (χ1n) is 5.21. The Hall–Kier alpha value is -0.670. The second-order valence-corrected chi connectivity index (χ2v) is 4.33. The number of rotatable bonds is 2. The quantitative estimate of drug-likeness (QED) is 0.724. The van der Waals surface area contributed by atoms with Crippen molar-refractivity contribution in [1.29, 1.82) is 0 Å². The van der Waals surface area contributed by atoms with Crippen LogP contribution in [0.5, 0.6) is 0 Å². The van der Waals surface area contributed by atoms with Crippen LogP contribution in [-0.2, 0) is 6.54 Å². The van der Waals surface area contributed by atoms with E-state index in [0.29, 0.717) is 18.0 Å². The minimum Gasteiger partial charge on any atom is -0.299 e. The first-order valence-corrected chi connectivity index (χ1v) is 5.59. The summed E-state index contributed by atoms with van der Waals surface area (Å²) in [6, 6.07) is 3.76. The number of aromatic nitrogens is 1. The average Bonchev–Trinajstić information content (AvgIpc) is 2.25. The maximum Gasteiger partial charge on any atom is 0.129 e. The van der Waals surface area contributed by atoms with E-state index in [0.717, 1.165) is 25.2 Å². The predicted octanol–water partition coefficient (Wildman–Crippen LogP) is 2.67. The summed E-state index contributed by atoms with van der Waals surface area (Å²) in [6.07, 6.45) is 2.48. The van der Waals surface area contributed by atoms with Crippen LogP contribution in [0.4, 0.5) is 4.39 Å². The van der Waals surface area contributed by atoms with Gasteiger partial charge in [-0.2, -0.15) is 0 Å². The highest BCUT2D eigenvalue weighted by Gasteiger charge is 2.18. The van der Waals surface area contributed by atoms with Crippen molar-refractivity contribution in [2.75, 3.05) is 13.1 Å². The van der Waals surface area contributed by atoms with E-state index in [4.69, 9.17) is 11.6 Å². The third kappa shape index (κ3) is 3.14. The number of hydrogen-bond acceptors (Lipinski definition) is 2. The fourth-order valence-electron chi connectivity index (χ4n) is 1.82. The highest BCUT2D eigenvalue weighted by molar-refractivity contribution is 6.29. The van der Waals surface area contributed by atoms with Crippen molar-refractivity contribution >= 4 is 11.6 Å². The summed E-state index contributed by atoms with van der Waals surface area (Å²) in [6.45, 7) is 2.52. The first kappa shape index (κ1) is 10.8. The van der Waals surface area contributed by atoms with E-state index in [9.17, 15) is 4.39 Å². The molecule has 0 unspecified atom stereocenters. The molecule has 0 atom stereocenters. The summed E-state index contributed by atoms with van der Waals surface area (Å²) in [5.41, 5.74) is 1.14. The molecule has 82 valence electrons. The molecule has 0 N–H and O–H groups in total. The van der Waals surface area contributed by atoms with Gasteiger partial charge in [0, 0.05) is 25.8 Å². The third-order valence-electron chi connectivity index (χ3n) is 2.71. The van der Waals surface area contributed by atoms with Crippen LogP contribution in [0, 0.1) is 0 Å². The van der Waals surface area contributed by atoms with Crippen LogP contribution in [0.3, 0.4) is 0 Å². The van der Waals surface area contributed by atoms with Gasteiger partial charge in [-0.05, 0) is 24.5 Å². The molecule has 0 amide bonds. The second kappa shape index (κ2) is 4.90. The Kier molecular flexibility index (Phi) is 3.54. The van der Waals surface area contributed by atoms with Crippen molar-refractivity contribution in [3.8, 4) is 0 Å². The van der Waals surface area contributed by atoms with Gasteiger partial charge in [0.05, 0.1) is 0 Å². The molecule has 1 aliphatic heterocycles. The Labute approximate surface area is 94.1 Å².